The van der Waals surface area contributed by atoms with E-state index in [-0.39, 0.29) is 5.37 Å². The lowest BCUT2D eigenvalue weighted by Gasteiger charge is -2.19. The molecule has 0 spiro atoms. The predicted octanol–water partition coefficient (Wildman–Crippen LogP) is 6.07. The molecule has 29 heavy (non-hydrogen) atoms. The summed E-state index contributed by atoms with van der Waals surface area (Å²) >= 11 is 5.21. The fourth-order valence-electron chi connectivity index (χ4n) is 3.20. The van der Waals surface area contributed by atoms with Crippen LogP contribution in [-0.2, 0) is 10.0 Å². The van der Waals surface area contributed by atoms with E-state index in [1.807, 2.05) is 51.4 Å². The normalized spacial score (nSPS) is 13.6. The lowest BCUT2D eigenvalue weighted by Crippen LogP contribution is -2.21. The van der Waals surface area contributed by atoms with Crippen LogP contribution in [0.5, 0.6) is 0 Å². The molecule has 3 rings (SSSR count). The quantitative estimate of drug-likeness (QED) is 0.307. The minimum atomic E-state index is -3.71. The van der Waals surface area contributed by atoms with Gasteiger partial charge >= 0.3 is 0 Å². The van der Waals surface area contributed by atoms with Crippen LogP contribution in [0, 0.1) is 6.92 Å². The lowest BCUT2D eigenvalue weighted by atomic mass is 10.0. The first kappa shape index (κ1) is 22.4. The van der Waals surface area contributed by atoms with Crippen LogP contribution in [-0.4, -0.2) is 36.8 Å². The second-order valence-corrected chi connectivity index (χ2v) is 11.8. The molecule has 1 atom stereocenters. The molecule has 3 aromatic rings. The van der Waals surface area contributed by atoms with E-state index in [4.69, 9.17) is 0 Å². The van der Waals surface area contributed by atoms with Crippen molar-refractivity contribution in [2.75, 3.05) is 14.1 Å². The van der Waals surface area contributed by atoms with Crippen LogP contribution in [0.4, 0.5) is 0 Å². The van der Waals surface area contributed by atoms with Gasteiger partial charge in [0.15, 0.2) is 0 Å². The summed E-state index contributed by atoms with van der Waals surface area (Å²) in [6.45, 7) is 8.20. The number of rotatable bonds is 6. The molecule has 1 heterocycles. The average Bonchev–Trinajstić information content (AvgIpc) is 2.93. The largest absolute Gasteiger partial charge is 0.298 e. The average molecular weight is 496 g/mol. The molecule has 156 valence electrons. The van der Waals surface area contributed by atoms with Crippen molar-refractivity contribution < 1.29 is 8.42 Å². The summed E-state index contributed by atoms with van der Waals surface area (Å²) < 4.78 is 29.6. The number of thioether (sulfide) groups is 1. The van der Waals surface area contributed by atoms with Gasteiger partial charge in [-0.15, -0.1) is 11.8 Å². The molecule has 0 aliphatic rings. The summed E-state index contributed by atoms with van der Waals surface area (Å²) in [6, 6.07) is 13.0. The molecule has 0 N–H and O–H groups in total. The van der Waals surface area contributed by atoms with Crippen molar-refractivity contribution >= 4 is 48.6 Å². The Labute approximate surface area is 186 Å². The predicted molar refractivity (Wildman–Crippen MR) is 126 cm³/mol. The van der Waals surface area contributed by atoms with Crippen LogP contribution in [0.15, 0.2) is 56.7 Å². The van der Waals surface area contributed by atoms with Crippen LogP contribution >= 0.6 is 27.7 Å². The lowest BCUT2D eigenvalue weighted by molar-refractivity contribution is 0.402. The fraction of sp³-hybridized carbons (Fsp3) is 0.364. The number of halogens is 1. The molecule has 4 nitrogen and oxygen atoms in total. The zero-order valence-electron chi connectivity index (χ0n) is 17.6. The SMILES string of the molecule is Cc1c(SC(C)N(C)C)c2cc(Br)ccc2n1S(=O)(=O)c1ccc(C(C)C)cc1. The van der Waals surface area contributed by atoms with Crippen molar-refractivity contribution in [3.8, 4) is 0 Å². The molecule has 1 aromatic heterocycles. The maximum atomic E-state index is 13.6. The van der Waals surface area contributed by atoms with Crippen molar-refractivity contribution in [3.63, 3.8) is 0 Å². The first-order valence-electron chi connectivity index (χ1n) is 9.53. The summed E-state index contributed by atoms with van der Waals surface area (Å²) in [5.74, 6) is 0.355. The van der Waals surface area contributed by atoms with Gasteiger partial charge in [0, 0.05) is 20.4 Å². The van der Waals surface area contributed by atoms with Gasteiger partial charge in [-0.25, -0.2) is 12.4 Å². The number of benzene rings is 2. The summed E-state index contributed by atoms with van der Waals surface area (Å²) in [4.78, 5) is 3.41. The van der Waals surface area contributed by atoms with Crippen molar-refractivity contribution in [2.45, 2.75) is 48.8 Å². The third-order valence-corrected chi connectivity index (χ3v) is 8.98. The summed E-state index contributed by atoms with van der Waals surface area (Å²) in [6.07, 6.45) is 0. The highest BCUT2D eigenvalue weighted by atomic mass is 79.9. The van der Waals surface area contributed by atoms with Gasteiger partial charge in [0.1, 0.15) is 0 Å². The maximum absolute atomic E-state index is 13.6. The van der Waals surface area contributed by atoms with Crippen LogP contribution in [0.2, 0.25) is 0 Å². The number of hydrogen-bond acceptors (Lipinski definition) is 4. The number of nitrogens with zero attached hydrogens (tertiary/aromatic N) is 2. The highest BCUT2D eigenvalue weighted by Crippen LogP contribution is 2.39. The van der Waals surface area contributed by atoms with Crippen LogP contribution in [0.3, 0.4) is 0 Å². The molecule has 0 saturated carbocycles. The standard InChI is InChI=1S/C22H27BrN2O2S2/c1-14(2)17-7-10-19(11-8-17)29(26,27)25-15(3)22(28-16(4)24(5)6)20-13-18(23)9-12-21(20)25/h7-14,16H,1-6H3. The molecule has 0 aliphatic carbocycles. The third-order valence-electron chi connectivity index (χ3n) is 5.16. The molecule has 2 aromatic carbocycles. The topological polar surface area (TPSA) is 42.3 Å². The highest BCUT2D eigenvalue weighted by molar-refractivity contribution is 9.10. The molecule has 0 aliphatic heterocycles. The minimum absolute atomic E-state index is 0.208. The number of fused-ring (bicyclic) bond motifs is 1. The van der Waals surface area contributed by atoms with Crippen molar-refractivity contribution in [3.05, 3.63) is 58.2 Å². The Morgan fingerprint density at radius 3 is 2.21 bits per heavy atom. The van der Waals surface area contributed by atoms with E-state index in [9.17, 15) is 8.42 Å². The molecule has 0 fully saturated rings. The van der Waals surface area contributed by atoms with Gasteiger partial charge in [0.05, 0.1) is 15.8 Å². The van der Waals surface area contributed by atoms with E-state index in [0.29, 0.717) is 16.3 Å². The monoisotopic (exact) mass is 494 g/mol. The first-order valence-corrected chi connectivity index (χ1v) is 12.6. The van der Waals surface area contributed by atoms with Gasteiger partial charge in [0.2, 0.25) is 0 Å². The van der Waals surface area contributed by atoms with E-state index in [0.717, 1.165) is 26.0 Å². The van der Waals surface area contributed by atoms with Gasteiger partial charge in [-0.1, -0.05) is 41.9 Å². The fourth-order valence-corrected chi connectivity index (χ4v) is 6.28. The maximum Gasteiger partial charge on any atom is 0.268 e. The molecular weight excluding hydrogens is 468 g/mol. The number of aromatic nitrogens is 1. The Balaban J connectivity index is 2.22. The van der Waals surface area contributed by atoms with Gasteiger partial charge in [-0.3, -0.25) is 4.90 Å². The smallest absolute Gasteiger partial charge is 0.268 e. The van der Waals surface area contributed by atoms with Gasteiger partial charge < -0.3 is 0 Å². The zero-order valence-corrected chi connectivity index (χ0v) is 20.8. The molecule has 0 amide bonds. The van der Waals surface area contributed by atoms with Gasteiger partial charge in [-0.05, 0) is 69.8 Å². The second-order valence-electron chi connectivity index (χ2n) is 7.75. The van der Waals surface area contributed by atoms with Crippen molar-refractivity contribution in [1.82, 2.24) is 8.87 Å². The Morgan fingerprint density at radius 1 is 1.03 bits per heavy atom. The second kappa shape index (κ2) is 8.46. The molecule has 0 saturated heterocycles. The third kappa shape index (κ3) is 4.29. The van der Waals surface area contributed by atoms with E-state index >= 15 is 0 Å². The van der Waals surface area contributed by atoms with Crippen molar-refractivity contribution in [1.29, 1.82) is 0 Å². The van der Waals surface area contributed by atoms with E-state index in [1.165, 1.54) is 3.97 Å². The van der Waals surface area contributed by atoms with Crippen LogP contribution in [0.25, 0.3) is 10.9 Å². The van der Waals surface area contributed by atoms with E-state index in [1.54, 1.807) is 23.9 Å². The summed E-state index contributed by atoms with van der Waals surface area (Å²) in [5, 5.41) is 1.15. The zero-order chi connectivity index (χ0) is 21.5. The summed E-state index contributed by atoms with van der Waals surface area (Å²) in [5.41, 5.74) is 2.56. The van der Waals surface area contributed by atoms with Crippen LogP contribution in [0.1, 0.15) is 37.9 Å². The molecule has 1 unspecified atom stereocenters. The molecule has 7 heteroatoms. The van der Waals surface area contributed by atoms with Gasteiger partial charge in [-0.2, -0.15) is 0 Å². The molecular formula is C22H27BrN2O2S2. The Bertz CT molecular complexity index is 1130. The molecule has 0 bridgehead atoms. The molecule has 0 radical (unpaired) electrons. The highest BCUT2D eigenvalue weighted by Gasteiger charge is 2.26. The first-order chi connectivity index (χ1) is 13.5. The minimum Gasteiger partial charge on any atom is -0.298 e. The van der Waals surface area contributed by atoms with Gasteiger partial charge in [0.25, 0.3) is 10.0 Å². The Morgan fingerprint density at radius 2 is 1.66 bits per heavy atom. The Hall–Kier alpha value is -1.28. The number of hydrogen-bond donors (Lipinski definition) is 0. The van der Waals surface area contributed by atoms with Crippen molar-refractivity contribution in [2.24, 2.45) is 0 Å². The summed E-state index contributed by atoms with van der Waals surface area (Å²) in [7, 11) is 0.334. The van der Waals surface area contributed by atoms with Crippen LogP contribution < -0.4 is 0 Å². The van der Waals surface area contributed by atoms with E-state index < -0.39 is 10.0 Å². The Kier molecular flexibility index (Phi) is 6.53. The van der Waals surface area contributed by atoms with E-state index in [2.05, 4.69) is 41.6 Å².